The molecule has 0 radical (unpaired) electrons. The minimum absolute atomic E-state index is 0. The number of nitrogens with zero attached hydrogens (tertiary/aromatic N) is 1. The van der Waals surface area contributed by atoms with Gasteiger partial charge in [-0.2, -0.15) is 0 Å². The third-order valence-corrected chi connectivity index (χ3v) is 3.84. The molecule has 2 rings (SSSR count). The van der Waals surface area contributed by atoms with Crippen LogP contribution in [0.4, 0.5) is 0 Å². The number of para-hydroxylation sites is 1. The number of halogens is 1. The van der Waals surface area contributed by atoms with Crippen LogP contribution in [0.3, 0.4) is 0 Å². The van der Waals surface area contributed by atoms with Crippen LogP contribution in [0, 0.1) is 0 Å². The molecule has 5 heteroatoms. The molecule has 1 saturated heterocycles. The number of benzene rings is 1. The van der Waals surface area contributed by atoms with Crippen molar-refractivity contribution in [2.75, 3.05) is 39.3 Å². The lowest BCUT2D eigenvalue weighted by Gasteiger charge is -2.26. The Balaban J connectivity index is 0.00000242. The topological polar surface area (TPSA) is 44.7 Å². The van der Waals surface area contributed by atoms with Crippen molar-refractivity contribution in [1.29, 1.82) is 0 Å². The van der Waals surface area contributed by atoms with Crippen LogP contribution in [0.1, 0.15) is 25.7 Å². The first-order chi connectivity index (χ1) is 10.3. The molecule has 1 heterocycles. The van der Waals surface area contributed by atoms with E-state index in [9.17, 15) is 5.11 Å². The highest BCUT2D eigenvalue weighted by molar-refractivity contribution is 5.20. The van der Waals surface area contributed by atoms with Crippen molar-refractivity contribution >= 4 is 0 Å². The molecule has 0 bridgehead atoms. The molecule has 0 aliphatic carbocycles. The summed E-state index contributed by atoms with van der Waals surface area (Å²) in [5, 5.41) is 13.2. The molecule has 0 spiro atoms. The summed E-state index contributed by atoms with van der Waals surface area (Å²) in [5.41, 5.74) is 0. The van der Waals surface area contributed by atoms with E-state index in [2.05, 4.69) is 10.2 Å². The minimum Gasteiger partial charge on any atom is -1.00 e. The summed E-state index contributed by atoms with van der Waals surface area (Å²) in [6.45, 7) is 5.57. The monoisotopic (exact) mass is 327 g/mol. The van der Waals surface area contributed by atoms with Crippen molar-refractivity contribution < 1.29 is 22.3 Å². The summed E-state index contributed by atoms with van der Waals surface area (Å²) in [6, 6.07) is 9.62. The summed E-state index contributed by atoms with van der Waals surface area (Å²) in [4.78, 5) is 2.54. The Labute approximate surface area is 140 Å². The lowest BCUT2D eigenvalue weighted by Crippen LogP contribution is -3.00. The molecule has 22 heavy (non-hydrogen) atoms. The van der Waals surface area contributed by atoms with Gasteiger partial charge in [-0.15, -0.1) is 0 Å². The number of rotatable bonds is 9. The molecule has 0 aromatic heterocycles. The van der Waals surface area contributed by atoms with Crippen LogP contribution in [0.5, 0.6) is 5.75 Å². The molecule has 4 nitrogen and oxygen atoms in total. The molecule has 1 unspecified atom stereocenters. The number of piperidine rings is 1. The number of aliphatic hydroxyl groups is 1. The normalized spacial score (nSPS) is 16.8. The van der Waals surface area contributed by atoms with Crippen LogP contribution in [-0.4, -0.2) is 55.4 Å². The first-order valence-electron chi connectivity index (χ1n) is 8.13. The molecule has 1 aliphatic heterocycles. The zero-order valence-corrected chi connectivity index (χ0v) is 14.0. The van der Waals surface area contributed by atoms with Crippen LogP contribution in [0.25, 0.3) is 0 Å². The number of hydrogen-bond donors (Lipinski definition) is 2. The summed E-state index contributed by atoms with van der Waals surface area (Å²) in [6.07, 6.45) is 4.78. The predicted octanol–water partition coefficient (Wildman–Crippen LogP) is -1.10. The van der Waals surface area contributed by atoms with Gasteiger partial charge in [0, 0.05) is 6.54 Å². The fraction of sp³-hybridized carbons (Fsp3) is 0.647. The van der Waals surface area contributed by atoms with E-state index in [0.717, 1.165) is 18.7 Å². The average molecular weight is 328 g/mol. The largest absolute Gasteiger partial charge is 1.00 e. The fourth-order valence-corrected chi connectivity index (χ4v) is 2.65. The van der Waals surface area contributed by atoms with Gasteiger partial charge in [0.05, 0.1) is 0 Å². The smallest absolute Gasteiger partial charge is 0.119 e. The molecule has 2 N–H and O–H groups in total. The van der Waals surface area contributed by atoms with Gasteiger partial charge < -0.3 is 32.5 Å². The van der Waals surface area contributed by atoms with Gasteiger partial charge in [0.25, 0.3) is 0 Å². The van der Waals surface area contributed by atoms with Crippen molar-refractivity contribution in [2.45, 2.75) is 31.8 Å². The molecule has 1 fully saturated rings. The van der Waals surface area contributed by atoms with E-state index in [-0.39, 0.29) is 12.4 Å². The van der Waals surface area contributed by atoms with Crippen molar-refractivity contribution in [3.05, 3.63) is 30.3 Å². The SMILES string of the molecule is OC(CNCCCN1CCCCC1)COc1ccccc1.[Cl-]. The zero-order valence-electron chi connectivity index (χ0n) is 13.2. The molecular weight excluding hydrogens is 300 g/mol. The summed E-state index contributed by atoms with van der Waals surface area (Å²) < 4.78 is 5.52. The van der Waals surface area contributed by atoms with Crippen LogP contribution in [0.2, 0.25) is 0 Å². The highest BCUT2D eigenvalue weighted by atomic mass is 35.5. The highest BCUT2D eigenvalue weighted by Gasteiger charge is 2.09. The van der Waals surface area contributed by atoms with Gasteiger partial charge in [-0.25, -0.2) is 0 Å². The van der Waals surface area contributed by atoms with Crippen LogP contribution in [0.15, 0.2) is 30.3 Å². The summed E-state index contributed by atoms with van der Waals surface area (Å²) >= 11 is 0. The third kappa shape index (κ3) is 7.99. The van der Waals surface area contributed by atoms with E-state index < -0.39 is 6.10 Å². The molecule has 0 amide bonds. The summed E-state index contributed by atoms with van der Waals surface area (Å²) in [5.74, 6) is 0.807. The Morgan fingerprint density at radius 1 is 1.14 bits per heavy atom. The Bertz CT molecular complexity index is 372. The highest BCUT2D eigenvalue weighted by Crippen LogP contribution is 2.09. The third-order valence-electron chi connectivity index (χ3n) is 3.84. The predicted molar refractivity (Wildman–Crippen MR) is 85.7 cm³/mol. The lowest BCUT2D eigenvalue weighted by molar-refractivity contribution is -0.00000621. The van der Waals surface area contributed by atoms with Gasteiger partial charge >= 0.3 is 0 Å². The first-order valence-corrected chi connectivity index (χ1v) is 8.13. The molecule has 0 saturated carbocycles. The zero-order chi connectivity index (χ0) is 14.8. The number of likely N-dealkylation sites (tertiary alicyclic amines) is 1. The molecule has 126 valence electrons. The number of aliphatic hydroxyl groups excluding tert-OH is 1. The van der Waals surface area contributed by atoms with Crippen molar-refractivity contribution in [2.24, 2.45) is 0 Å². The molecule has 1 aromatic carbocycles. The van der Waals surface area contributed by atoms with E-state index in [4.69, 9.17) is 4.74 Å². The second-order valence-corrected chi connectivity index (χ2v) is 5.74. The van der Waals surface area contributed by atoms with Gasteiger partial charge in [0.15, 0.2) is 0 Å². The van der Waals surface area contributed by atoms with Gasteiger partial charge in [0.2, 0.25) is 0 Å². The van der Waals surface area contributed by atoms with E-state index >= 15 is 0 Å². The van der Waals surface area contributed by atoms with Gasteiger partial charge in [-0.3, -0.25) is 0 Å². The minimum atomic E-state index is -0.458. The maximum Gasteiger partial charge on any atom is 0.119 e. The number of hydrogen-bond acceptors (Lipinski definition) is 4. The second-order valence-electron chi connectivity index (χ2n) is 5.74. The molecule has 1 aliphatic rings. The molecule has 1 atom stereocenters. The van der Waals surface area contributed by atoms with Crippen molar-refractivity contribution in [1.82, 2.24) is 10.2 Å². The maximum absolute atomic E-state index is 9.86. The Hall–Kier alpha value is -0.810. The second kappa shape index (κ2) is 11.7. The maximum atomic E-state index is 9.86. The van der Waals surface area contributed by atoms with Crippen molar-refractivity contribution in [3.63, 3.8) is 0 Å². The van der Waals surface area contributed by atoms with E-state index in [0.29, 0.717) is 13.2 Å². The van der Waals surface area contributed by atoms with Gasteiger partial charge in [-0.05, 0) is 57.6 Å². The quantitative estimate of drug-likeness (QED) is 0.565. The number of ether oxygens (including phenoxy) is 1. The van der Waals surface area contributed by atoms with Crippen LogP contribution >= 0.6 is 0 Å². The molecular formula is C17H28ClN2O2-. The van der Waals surface area contributed by atoms with Crippen LogP contribution < -0.4 is 22.5 Å². The standard InChI is InChI=1S/C17H28N2O2.ClH/c20-16(15-21-17-8-3-1-4-9-17)14-18-10-7-13-19-11-5-2-6-12-19;/h1,3-4,8-9,16,18,20H,2,5-7,10-15H2;1H/p-1. The fourth-order valence-electron chi connectivity index (χ4n) is 2.65. The van der Waals surface area contributed by atoms with Crippen molar-refractivity contribution in [3.8, 4) is 5.75 Å². The number of nitrogens with one attached hydrogen (secondary N) is 1. The average Bonchev–Trinajstić information content (AvgIpc) is 2.54. The van der Waals surface area contributed by atoms with Gasteiger partial charge in [0.1, 0.15) is 18.5 Å². The van der Waals surface area contributed by atoms with Gasteiger partial charge in [-0.1, -0.05) is 24.6 Å². The van der Waals surface area contributed by atoms with E-state index in [1.807, 2.05) is 30.3 Å². The first kappa shape index (κ1) is 19.2. The molecule has 1 aromatic rings. The lowest BCUT2D eigenvalue weighted by atomic mass is 10.1. The Morgan fingerprint density at radius 2 is 1.86 bits per heavy atom. The van der Waals surface area contributed by atoms with E-state index in [1.54, 1.807) is 0 Å². The van der Waals surface area contributed by atoms with E-state index in [1.165, 1.54) is 38.9 Å². The summed E-state index contributed by atoms with van der Waals surface area (Å²) in [7, 11) is 0. The Kier molecular flexibility index (Phi) is 10.2. The van der Waals surface area contributed by atoms with Crippen LogP contribution in [-0.2, 0) is 0 Å². The Morgan fingerprint density at radius 3 is 2.59 bits per heavy atom.